The van der Waals surface area contributed by atoms with Crippen molar-refractivity contribution in [2.24, 2.45) is 0 Å². The second-order valence-corrected chi connectivity index (χ2v) is 12.0. The van der Waals surface area contributed by atoms with Crippen LogP contribution in [0, 0.1) is 0 Å². The first-order valence-corrected chi connectivity index (χ1v) is 14.8. The molecule has 1 N–H and O–H groups in total. The quantitative estimate of drug-likeness (QED) is 0.297. The van der Waals surface area contributed by atoms with Crippen molar-refractivity contribution in [3.05, 3.63) is 86.8 Å². The summed E-state index contributed by atoms with van der Waals surface area (Å²) in [5, 5.41) is 4.16. The van der Waals surface area contributed by atoms with E-state index in [1.54, 1.807) is 11.8 Å². The van der Waals surface area contributed by atoms with Crippen molar-refractivity contribution in [3.8, 4) is 0 Å². The summed E-state index contributed by atoms with van der Waals surface area (Å²) in [6, 6.07) is 15.7. The minimum Gasteiger partial charge on any atom is -0.352 e. The summed E-state index contributed by atoms with van der Waals surface area (Å²) >= 11 is 7.95. The lowest BCUT2D eigenvalue weighted by Gasteiger charge is -2.44. The monoisotopic (exact) mass is 534 g/mol. The van der Waals surface area contributed by atoms with Crippen LogP contribution in [-0.2, 0) is 11.3 Å². The summed E-state index contributed by atoms with van der Waals surface area (Å²) in [5.74, 6) is 0.0448. The third kappa shape index (κ3) is 6.69. The number of fused-ring (bicyclic) bond motifs is 1. The molecule has 2 aromatic carbocycles. The minimum absolute atomic E-state index is 0.0449. The van der Waals surface area contributed by atoms with Crippen LogP contribution in [-0.4, -0.2) is 34.6 Å². The Morgan fingerprint density at radius 1 is 1.08 bits per heavy atom. The van der Waals surface area contributed by atoms with E-state index < -0.39 is 0 Å². The summed E-state index contributed by atoms with van der Waals surface area (Å²) in [6.07, 6.45) is 14.7. The first-order chi connectivity index (χ1) is 18.1. The maximum atomic E-state index is 13.6. The average molecular weight is 535 g/mol. The van der Waals surface area contributed by atoms with Crippen LogP contribution >= 0.6 is 23.4 Å². The number of carbonyl (C=O) groups excluding carboxylic acids is 2. The van der Waals surface area contributed by atoms with Crippen molar-refractivity contribution in [1.82, 2.24) is 10.2 Å². The lowest BCUT2D eigenvalue weighted by Crippen LogP contribution is -2.50. The lowest BCUT2D eigenvalue weighted by atomic mass is 9.92. The van der Waals surface area contributed by atoms with Crippen LogP contribution < -0.4 is 5.32 Å². The number of amides is 2. The molecule has 2 fully saturated rings. The fraction of sp³-hybridized carbons (Fsp3) is 0.419. The van der Waals surface area contributed by atoms with Gasteiger partial charge in [-0.1, -0.05) is 60.4 Å². The molecule has 3 aliphatic rings. The van der Waals surface area contributed by atoms with Crippen molar-refractivity contribution in [1.29, 1.82) is 0 Å². The van der Waals surface area contributed by atoms with Gasteiger partial charge in [0.1, 0.15) is 0 Å². The van der Waals surface area contributed by atoms with Crippen LogP contribution in [0.2, 0.25) is 5.02 Å². The second kappa shape index (κ2) is 12.4. The van der Waals surface area contributed by atoms with Gasteiger partial charge < -0.3 is 10.2 Å². The van der Waals surface area contributed by atoms with Gasteiger partial charge >= 0.3 is 0 Å². The highest BCUT2D eigenvalue weighted by atomic mass is 35.5. The van der Waals surface area contributed by atoms with Crippen LogP contribution in [0.5, 0.6) is 0 Å². The maximum Gasteiger partial charge on any atom is 0.260 e. The number of nitrogens with one attached hydrogen (secondary N) is 1. The maximum absolute atomic E-state index is 13.6. The molecule has 0 spiro atoms. The third-order valence-electron chi connectivity index (χ3n) is 7.65. The van der Waals surface area contributed by atoms with E-state index >= 15 is 0 Å². The van der Waals surface area contributed by atoms with Crippen molar-refractivity contribution < 1.29 is 9.59 Å². The van der Waals surface area contributed by atoms with Crippen molar-refractivity contribution in [2.45, 2.75) is 75.6 Å². The van der Waals surface area contributed by atoms with Gasteiger partial charge in [0.15, 0.2) is 0 Å². The molecule has 6 heteroatoms. The van der Waals surface area contributed by atoms with Crippen LogP contribution in [0.4, 0.5) is 0 Å². The zero-order valence-corrected chi connectivity index (χ0v) is 22.8. The Hall–Kier alpha value is -2.50. The number of hydrogen-bond acceptors (Lipinski definition) is 3. The van der Waals surface area contributed by atoms with E-state index in [0.717, 1.165) is 41.7 Å². The van der Waals surface area contributed by atoms with Gasteiger partial charge in [0.25, 0.3) is 11.8 Å². The molecule has 2 aromatic rings. The number of allylic oxidation sites excluding steroid dienone is 1. The Bertz CT molecular complexity index is 1190. The van der Waals surface area contributed by atoms with E-state index in [2.05, 4.69) is 16.3 Å². The van der Waals surface area contributed by atoms with Crippen LogP contribution in [0.15, 0.2) is 65.1 Å². The van der Waals surface area contributed by atoms with Gasteiger partial charge in [-0.25, -0.2) is 0 Å². The number of carbonyl (C=O) groups is 2. The van der Waals surface area contributed by atoms with E-state index in [-0.39, 0.29) is 17.9 Å². The fourth-order valence-corrected chi connectivity index (χ4v) is 7.33. The lowest BCUT2D eigenvalue weighted by molar-refractivity contribution is -0.130. The predicted octanol–water partition coefficient (Wildman–Crippen LogP) is 7.39. The molecule has 5 rings (SSSR count). The van der Waals surface area contributed by atoms with E-state index in [9.17, 15) is 9.59 Å². The summed E-state index contributed by atoms with van der Waals surface area (Å²) in [6.45, 7) is 1.25. The zero-order chi connectivity index (χ0) is 25.6. The van der Waals surface area contributed by atoms with Gasteiger partial charge in [0.05, 0.1) is 4.91 Å². The van der Waals surface area contributed by atoms with E-state index in [1.807, 2.05) is 54.6 Å². The molecule has 1 saturated heterocycles. The second-order valence-electron chi connectivity index (χ2n) is 10.3. The molecule has 1 aliphatic heterocycles. The molecule has 37 heavy (non-hydrogen) atoms. The molecule has 0 aromatic heterocycles. The van der Waals surface area contributed by atoms with Gasteiger partial charge in [-0.05, 0) is 86.4 Å². The standard InChI is InChI=1S/C31H35ClN2O2S/c32-26-10-6-9-24(19-26)21-34-27-11-4-5-12-28(27)37-29(31(34)36)20-23-13-15-25(16-14-23)30(35)33-18-17-22-7-2-1-3-8-22/h6-7,9-10,13-16,19-20,27-28H,1-5,8,11-12,17-18,21H2,(H,33,35)/b29-20+. The molecule has 2 unspecified atom stereocenters. The first-order valence-electron chi connectivity index (χ1n) is 13.6. The van der Waals surface area contributed by atoms with E-state index in [0.29, 0.717) is 28.9 Å². The van der Waals surface area contributed by atoms with E-state index in [4.69, 9.17) is 11.6 Å². The highest BCUT2D eigenvalue weighted by molar-refractivity contribution is 8.04. The van der Waals surface area contributed by atoms with Gasteiger partial charge in [-0.15, -0.1) is 11.8 Å². The number of nitrogens with zero attached hydrogens (tertiary/aromatic N) is 1. The molecule has 2 amide bonds. The molecule has 194 valence electrons. The number of hydrogen-bond donors (Lipinski definition) is 1. The summed E-state index contributed by atoms with van der Waals surface area (Å²) in [4.78, 5) is 29.1. The largest absolute Gasteiger partial charge is 0.352 e. The van der Waals surface area contributed by atoms with Crippen molar-refractivity contribution in [3.63, 3.8) is 0 Å². The van der Waals surface area contributed by atoms with Crippen molar-refractivity contribution >= 4 is 41.3 Å². The zero-order valence-electron chi connectivity index (χ0n) is 21.3. The average Bonchev–Trinajstić information content (AvgIpc) is 2.92. The van der Waals surface area contributed by atoms with Gasteiger partial charge in [0.2, 0.25) is 0 Å². The molecule has 1 heterocycles. The molecule has 0 bridgehead atoms. The topological polar surface area (TPSA) is 49.4 Å². The molecule has 2 atom stereocenters. The fourth-order valence-electron chi connectivity index (χ4n) is 5.65. The predicted molar refractivity (Wildman–Crippen MR) is 154 cm³/mol. The Labute approximate surface area is 229 Å². The molecule has 0 radical (unpaired) electrons. The molecule has 2 aliphatic carbocycles. The SMILES string of the molecule is O=C(NCCC1=CCCCC1)c1ccc(/C=C2/SC3CCCCC3N(Cc3cccc(Cl)c3)C2=O)cc1. The van der Waals surface area contributed by atoms with Crippen LogP contribution in [0.25, 0.3) is 6.08 Å². The molecular formula is C31H35ClN2O2S. The minimum atomic E-state index is -0.0449. The smallest absolute Gasteiger partial charge is 0.260 e. The third-order valence-corrected chi connectivity index (χ3v) is 9.28. The Balaban J connectivity index is 1.26. The molecule has 1 saturated carbocycles. The number of rotatable bonds is 7. The Kier molecular flexibility index (Phi) is 8.73. The number of thioether (sulfide) groups is 1. The summed E-state index contributed by atoms with van der Waals surface area (Å²) in [5.41, 5.74) is 4.12. The van der Waals surface area contributed by atoms with Crippen molar-refractivity contribution in [2.75, 3.05) is 6.54 Å². The first kappa shape index (κ1) is 26.1. The number of halogens is 1. The molecular weight excluding hydrogens is 500 g/mol. The number of benzene rings is 2. The Morgan fingerprint density at radius 3 is 2.70 bits per heavy atom. The van der Waals surface area contributed by atoms with Gasteiger partial charge in [0, 0.05) is 35.0 Å². The summed E-state index contributed by atoms with van der Waals surface area (Å²) in [7, 11) is 0. The van der Waals surface area contributed by atoms with Gasteiger partial charge in [-0.3, -0.25) is 9.59 Å². The molecule has 4 nitrogen and oxygen atoms in total. The highest BCUT2D eigenvalue weighted by Crippen LogP contribution is 2.42. The van der Waals surface area contributed by atoms with Crippen LogP contribution in [0.1, 0.15) is 79.3 Å². The Morgan fingerprint density at radius 2 is 1.92 bits per heavy atom. The normalized spacial score (nSPS) is 22.9. The van der Waals surface area contributed by atoms with Crippen LogP contribution in [0.3, 0.4) is 0 Å². The van der Waals surface area contributed by atoms with Gasteiger partial charge in [-0.2, -0.15) is 0 Å². The highest BCUT2D eigenvalue weighted by Gasteiger charge is 2.40. The summed E-state index contributed by atoms with van der Waals surface area (Å²) < 4.78 is 0. The van der Waals surface area contributed by atoms with E-state index in [1.165, 1.54) is 37.7 Å².